The van der Waals surface area contributed by atoms with Gasteiger partial charge in [-0.1, -0.05) is 0 Å². The summed E-state index contributed by atoms with van der Waals surface area (Å²) in [5.41, 5.74) is 5.87. The average Bonchev–Trinajstić information content (AvgIpc) is 2.14. The third-order valence-electron chi connectivity index (χ3n) is 2.95. The van der Waals surface area contributed by atoms with Crippen LogP contribution in [0.25, 0.3) is 0 Å². The highest BCUT2D eigenvalue weighted by molar-refractivity contribution is 7.99. The van der Waals surface area contributed by atoms with Crippen molar-refractivity contribution in [2.24, 2.45) is 16.6 Å². The molecule has 2 aliphatic heterocycles. The molecule has 1 atom stereocenters. The molecule has 80 valence electrons. The van der Waals surface area contributed by atoms with Crippen molar-refractivity contribution in [1.82, 2.24) is 4.90 Å². The smallest absolute Gasteiger partial charge is 0.191 e. The van der Waals surface area contributed by atoms with Gasteiger partial charge in [-0.2, -0.15) is 11.8 Å². The van der Waals surface area contributed by atoms with E-state index in [2.05, 4.69) is 21.7 Å². The third kappa shape index (κ3) is 2.56. The summed E-state index contributed by atoms with van der Waals surface area (Å²) in [5, 5.41) is 0. The largest absolute Gasteiger partial charge is 0.370 e. The fourth-order valence-electron chi connectivity index (χ4n) is 1.82. The van der Waals surface area contributed by atoms with Gasteiger partial charge in [-0.25, -0.2) is 0 Å². The number of aliphatic imine (C=N–C) groups is 1. The van der Waals surface area contributed by atoms with Crippen molar-refractivity contribution < 1.29 is 0 Å². The van der Waals surface area contributed by atoms with Crippen molar-refractivity contribution >= 4 is 17.7 Å². The van der Waals surface area contributed by atoms with Gasteiger partial charge in [-0.15, -0.1) is 0 Å². The molecule has 1 unspecified atom stereocenters. The highest BCUT2D eigenvalue weighted by Crippen LogP contribution is 2.22. The van der Waals surface area contributed by atoms with Gasteiger partial charge >= 0.3 is 0 Å². The van der Waals surface area contributed by atoms with Crippen molar-refractivity contribution in [2.75, 3.05) is 31.1 Å². The zero-order chi connectivity index (χ0) is 9.80. The fraction of sp³-hybridized carbons (Fsp3) is 0.900. The molecule has 0 saturated carbocycles. The number of nitrogens with two attached hydrogens (primary N) is 1. The summed E-state index contributed by atoms with van der Waals surface area (Å²) in [7, 11) is 0. The Balaban J connectivity index is 1.73. The second kappa shape index (κ2) is 4.91. The van der Waals surface area contributed by atoms with E-state index in [1.54, 1.807) is 0 Å². The van der Waals surface area contributed by atoms with E-state index >= 15 is 0 Å². The molecule has 0 aromatic carbocycles. The second-order valence-corrected chi connectivity index (χ2v) is 5.27. The van der Waals surface area contributed by atoms with Crippen molar-refractivity contribution in [3.8, 4) is 0 Å². The summed E-state index contributed by atoms with van der Waals surface area (Å²) in [6.45, 7) is 3.15. The van der Waals surface area contributed by atoms with Crippen LogP contribution >= 0.6 is 11.8 Å². The Morgan fingerprint density at radius 1 is 1.43 bits per heavy atom. The third-order valence-corrected chi connectivity index (χ3v) is 4.23. The minimum absolute atomic E-state index is 0.770. The van der Waals surface area contributed by atoms with E-state index < -0.39 is 0 Å². The number of guanidine groups is 1. The highest BCUT2D eigenvalue weighted by Gasteiger charge is 2.17. The van der Waals surface area contributed by atoms with Crippen LogP contribution in [-0.2, 0) is 0 Å². The van der Waals surface area contributed by atoms with Crippen molar-refractivity contribution in [3.63, 3.8) is 0 Å². The van der Waals surface area contributed by atoms with E-state index in [-0.39, 0.29) is 0 Å². The number of rotatable bonds is 2. The number of hydrogen-bond donors (Lipinski definition) is 1. The van der Waals surface area contributed by atoms with Gasteiger partial charge in [-0.05, 0) is 36.7 Å². The van der Waals surface area contributed by atoms with E-state index in [4.69, 9.17) is 5.73 Å². The number of likely N-dealkylation sites (tertiary alicyclic amines) is 1. The summed E-state index contributed by atoms with van der Waals surface area (Å²) in [6, 6.07) is 0. The quantitative estimate of drug-likeness (QED) is 0.552. The van der Waals surface area contributed by atoms with Crippen molar-refractivity contribution in [3.05, 3.63) is 0 Å². The van der Waals surface area contributed by atoms with E-state index in [1.165, 1.54) is 30.8 Å². The van der Waals surface area contributed by atoms with Gasteiger partial charge in [0, 0.05) is 19.6 Å². The lowest BCUT2D eigenvalue weighted by molar-refractivity contribution is 0.295. The standard InChI is InChI=1S/C10H19N3S/c11-10(13-4-2-5-13)12-7-9-3-1-6-14-8-9/h9H,1-8H2,(H2,11,12). The Morgan fingerprint density at radius 3 is 2.86 bits per heavy atom. The molecule has 2 aliphatic rings. The minimum atomic E-state index is 0.770. The van der Waals surface area contributed by atoms with Crippen LogP contribution in [0.15, 0.2) is 4.99 Å². The summed E-state index contributed by atoms with van der Waals surface area (Å²) in [4.78, 5) is 6.64. The lowest BCUT2D eigenvalue weighted by atomic mass is 10.1. The SMILES string of the molecule is NC(=NCC1CCCSC1)N1CCC1. The zero-order valence-electron chi connectivity index (χ0n) is 8.61. The van der Waals surface area contributed by atoms with E-state index in [0.29, 0.717) is 0 Å². The number of thioether (sulfide) groups is 1. The molecular formula is C10H19N3S. The van der Waals surface area contributed by atoms with Crippen LogP contribution in [-0.4, -0.2) is 42.0 Å². The Labute approximate surface area is 90.1 Å². The van der Waals surface area contributed by atoms with Crippen LogP contribution in [0.1, 0.15) is 19.3 Å². The van der Waals surface area contributed by atoms with Crippen LogP contribution in [0.4, 0.5) is 0 Å². The molecule has 2 fully saturated rings. The predicted molar refractivity (Wildman–Crippen MR) is 62.7 cm³/mol. The summed E-state index contributed by atoms with van der Waals surface area (Å²) in [6.07, 6.45) is 3.97. The molecule has 0 aliphatic carbocycles. The number of nitrogens with zero attached hydrogens (tertiary/aromatic N) is 2. The van der Waals surface area contributed by atoms with Gasteiger partial charge < -0.3 is 10.6 Å². The van der Waals surface area contributed by atoms with Crippen LogP contribution in [0, 0.1) is 5.92 Å². The fourth-order valence-corrected chi connectivity index (χ4v) is 2.96. The molecule has 0 spiro atoms. The van der Waals surface area contributed by atoms with Gasteiger partial charge in [0.15, 0.2) is 5.96 Å². The Morgan fingerprint density at radius 2 is 2.29 bits per heavy atom. The molecule has 4 heteroatoms. The Hall–Kier alpha value is -0.380. The molecule has 3 nitrogen and oxygen atoms in total. The van der Waals surface area contributed by atoms with Gasteiger partial charge in [0.1, 0.15) is 0 Å². The maximum atomic E-state index is 5.87. The van der Waals surface area contributed by atoms with Gasteiger partial charge in [0.05, 0.1) is 0 Å². The molecule has 0 bridgehead atoms. The lowest BCUT2D eigenvalue weighted by Crippen LogP contribution is -2.46. The molecular weight excluding hydrogens is 194 g/mol. The molecule has 2 heterocycles. The van der Waals surface area contributed by atoms with Gasteiger partial charge in [0.25, 0.3) is 0 Å². The van der Waals surface area contributed by atoms with Crippen LogP contribution in [0.3, 0.4) is 0 Å². The molecule has 0 amide bonds. The summed E-state index contributed by atoms with van der Waals surface area (Å²) in [5.74, 6) is 4.15. The normalized spacial score (nSPS) is 28.7. The molecule has 0 aromatic rings. The maximum Gasteiger partial charge on any atom is 0.191 e. The van der Waals surface area contributed by atoms with Crippen molar-refractivity contribution in [2.45, 2.75) is 19.3 Å². The molecule has 2 saturated heterocycles. The maximum absolute atomic E-state index is 5.87. The van der Waals surface area contributed by atoms with E-state index in [0.717, 1.165) is 31.5 Å². The van der Waals surface area contributed by atoms with Crippen LogP contribution in [0.5, 0.6) is 0 Å². The Kier molecular flexibility index (Phi) is 3.56. The second-order valence-electron chi connectivity index (χ2n) is 4.12. The predicted octanol–water partition coefficient (Wildman–Crippen LogP) is 1.15. The first-order chi connectivity index (χ1) is 6.86. The van der Waals surface area contributed by atoms with Crippen LogP contribution < -0.4 is 5.73 Å². The number of hydrogen-bond acceptors (Lipinski definition) is 2. The molecule has 0 aromatic heterocycles. The first-order valence-electron chi connectivity index (χ1n) is 5.49. The molecule has 0 radical (unpaired) electrons. The van der Waals surface area contributed by atoms with Gasteiger partial charge in [-0.3, -0.25) is 4.99 Å². The minimum Gasteiger partial charge on any atom is -0.370 e. The molecule has 2 N–H and O–H groups in total. The zero-order valence-corrected chi connectivity index (χ0v) is 9.43. The van der Waals surface area contributed by atoms with E-state index in [1.807, 2.05) is 0 Å². The lowest BCUT2D eigenvalue weighted by Gasteiger charge is -2.32. The molecule has 14 heavy (non-hydrogen) atoms. The van der Waals surface area contributed by atoms with Gasteiger partial charge in [0.2, 0.25) is 0 Å². The molecule has 2 rings (SSSR count). The first-order valence-corrected chi connectivity index (χ1v) is 6.64. The average molecular weight is 213 g/mol. The Bertz CT molecular complexity index is 207. The van der Waals surface area contributed by atoms with Crippen LogP contribution in [0.2, 0.25) is 0 Å². The summed E-state index contributed by atoms with van der Waals surface area (Å²) < 4.78 is 0. The summed E-state index contributed by atoms with van der Waals surface area (Å²) >= 11 is 2.06. The van der Waals surface area contributed by atoms with E-state index in [9.17, 15) is 0 Å². The van der Waals surface area contributed by atoms with Crippen molar-refractivity contribution in [1.29, 1.82) is 0 Å². The monoisotopic (exact) mass is 213 g/mol. The first kappa shape index (κ1) is 10.1. The topological polar surface area (TPSA) is 41.6 Å². The highest BCUT2D eigenvalue weighted by atomic mass is 32.2.